The number of hydrogen-bond acceptors (Lipinski definition) is 5. The number of anilines is 1. The first kappa shape index (κ1) is 17.3. The van der Waals surface area contributed by atoms with Crippen LogP contribution in [0.4, 0.5) is 5.13 Å². The van der Waals surface area contributed by atoms with E-state index < -0.39 is 0 Å². The van der Waals surface area contributed by atoms with Crippen molar-refractivity contribution in [3.63, 3.8) is 0 Å². The van der Waals surface area contributed by atoms with Crippen LogP contribution in [-0.2, 0) is 24.8 Å². The van der Waals surface area contributed by atoms with Crippen LogP contribution in [0.2, 0.25) is 0 Å². The molecule has 2 heterocycles. The summed E-state index contributed by atoms with van der Waals surface area (Å²) < 4.78 is 3.22. The van der Waals surface area contributed by atoms with Crippen molar-refractivity contribution in [2.45, 2.75) is 33.2 Å². The highest BCUT2D eigenvalue weighted by Gasteiger charge is 2.13. The molecular formula is C17H21N5O2S. The average Bonchev–Trinajstić information content (AvgIpc) is 3.09. The number of nitrogens with one attached hydrogen (secondary N) is 1. The quantitative estimate of drug-likeness (QED) is 0.733. The summed E-state index contributed by atoms with van der Waals surface area (Å²) in [6.45, 7) is 4.55. The van der Waals surface area contributed by atoms with Crippen LogP contribution < -0.4 is 11.0 Å². The van der Waals surface area contributed by atoms with Crippen molar-refractivity contribution in [2.75, 3.05) is 5.32 Å². The van der Waals surface area contributed by atoms with Gasteiger partial charge in [0.15, 0.2) is 0 Å². The zero-order chi connectivity index (χ0) is 18.0. The minimum absolute atomic E-state index is 0.121. The van der Waals surface area contributed by atoms with Crippen molar-refractivity contribution >= 4 is 33.4 Å². The van der Waals surface area contributed by atoms with Crippen LogP contribution in [0.1, 0.15) is 25.3 Å². The Morgan fingerprint density at radius 3 is 2.68 bits per heavy atom. The average molecular weight is 359 g/mol. The van der Waals surface area contributed by atoms with Gasteiger partial charge < -0.3 is 5.32 Å². The summed E-state index contributed by atoms with van der Waals surface area (Å²) >= 11 is 1.39. The number of imidazole rings is 1. The predicted octanol–water partition coefficient (Wildman–Crippen LogP) is 2.42. The number of nitrogens with zero attached hydrogens (tertiary/aromatic N) is 4. The summed E-state index contributed by atoms with van der Waals surface area (Å²) in [7, 11) is 1.73. The standard InChI is InChI=1S/C17H21N5O2S/c1-11(2)10-15-19-20-16(25-15)18-14(23)8-9-22-13-7-5-4-6-12(13)21(3)17(22)24/h4-7,11H,8-10H2,1-3H3,(H,18,20,23). The molecule has 3 aromatic rings. The Balaban J connectivity index is 1.66. The van der Waals surface area contributed by atoms with Crippen molar-refractivity contribution in [3.05, 3.63) is 39.8 Å². The molecule has 0 aliphatic heterocycles. The van der Waals surface area contributed by atoms with Gasteiger partial charge in [-0.2, -0.15) is 0 Å². The van der Waals surface area contributed by atoms with E-state index >= 15 is 0 Å². The summed E-state index contributed by atoms with van der Waals surface area (Å²) in [6, 6.07) is 7.56. The number of rotatable bonds is 6. The van der Waals surface area contributed by atoms with Crippen LogP contribution in [0, 0.1) is 5.92 Å². The molecule has 0 fully saturated rings. The first-order chi connectivity index (χ1) is 12.0. The zero-order valence-electron chi connectivity index (χ0n) is 14.5. The molecule has 1 amide bonds. The lowest BCUT2D eigenvalue weighted by molar-refractivity contribution is -0.116. The van der Waals surface area contributed by atoms with E-state index in [1.165, 1.54) is 11.3 Å². The van der Waals surface area contributed by atoms with Crippen LogP contribution in [-0.4, -0.2) is 25.2 Å². The van der Waals surface area contributed by atoms with Gasteiger partial charge in [0.25, 0.3) is 0 Å². The van der Waals surface area contributed by atoms with E-state index in [1.54, 1.807) is 16.2 Å². The van der Waals surface area contributed by atoms with Gasteiger partial charge in [-0.05, 0) is 18.1 Å². The number of amides is 1. The maximum atomic E-state index is 12.3. The van der Waals surface area contributed by atoms with Crippen molar-refractivity contribution < 1.29 is 4.79 Å². The summed E-state index contributed by atoms with van der Waals surface area (Å²) in [5.74, 6) is 0.321. The number of benzene rings is 1. The number of aromatic nitrogens is 4. The molecule has 0 aliphatic carbocycles. The van der Waals surface area contributed by atoms with Gasteiger partial charge in [0.05, 0.1) is 11.0 Å². The third-order valence-electron chi connectivity index (χ3n) is 3.91. The molecule has 1 N–H and O–H groups in total. The monoisotopic (exact) mass is 359 g/mol. The lowest BCUT2D eigenvalue weighted by atomic mass is 10.1. The number of fused-ring (bicyclic) bond motifs is 1. The van der Waals surface area contributed by atoms with Gasteiger partial charge >= 0.3 is 5.69 Å². The molecule has 2 aromatic heterocycles. The van der Waals surface area contributed by atoms with Gasteiger partial charge in [0.1, 0.15) is 5.01 Å². The summed E-state index contributed by atoms with van der Waals surface area (Å²) in [5, 5.41) is 12.3. The Hall–Kier alpha value is -2.48. The van der Waals surface area contributed by atoms with Gasteiger partial charge in [-0.25, -0.2) is 4.79 Å². The first-order valence-corrected chi connectivity index (χ1v) is 9.04. The van der Waals surface area contributed by atoms with E-state index in [-0.39, 0.29) is 18.0 Å². The molecule has 0 saturated carbocycles. The maximum absolute atomic E-state index is 12.3. The van der Waals surface area contributed by atoms with E-state index in [9.17, 15) is 9.59 Å². The Kier molecular flexibility index (Phi) is 4.98. The summed E-state index contributed by atoms with van der Waals surface area (Å²) in [4.78, 5) is 24.5. The van der Waals surface area contributed by atoms with Gasteiger partial charge in [-0.1, -0.05) is 37.3 Å². The second-order valence-electron chi connectivity index (χ2n) is 6.38. The molecule has 0 aliphatic rings. The van der Waals surface area contributed by atoms with Gasteiger partial charge in [-0.3, -0.25) is 13.9 Å². The normalized spacial score (nSPS) is 11.4. The molecule has 25 heavy (non-hydrogen) atoms. The van der Waals surface area contributed by atoms with Crippen LogP contribution >= 0.6 is 11.3 Å². The summed E-state index contributed by atoms with van der Waals surface area (Å²) in [5.41, 5.74) is 1.57. The zero-order valence-corrected chi connectivity index (χ0v) is 15.3. The molecule has 132 valence electrons. The SMILES string of the molecule is CC(C)Cc1nnc(NC(=O)CCn2c(=O)n(C)c3ccccc32)s1. The van der Waals surface area contributed by atoms with E-state index in [1.807, 2.05) is 24.3 Å². The first-order valence-electron chi connectivity index (χ1n) is 8.22. The molecule has 0 bridgehead atoms. The Morgan fingerprint density at radius 1 is 1.24 bits per heavy atom. The smallest absolute Gasteiger partial charge is 0.300 e. The second-order valence-corrected chi connectivity index (χ2v) is 7.44. The second kappa shape index (κ2) is 7.18. The largest absolute Gasteiger partial charge is 0.328 e. The molecule has 3 rings (SSSR count). The third-order valence-corrected chi connectivity index (χ3v) is 4.77. The van der Waals surface area contributed by atoms with Crippen molar-refractivity contribution in [1.82, 2.24) is 19.3 Å². The molecular weight excluding hydrogens is 338 g/mol. The van der Waals surface area contributed by atoms with E-state index in [0.717, 1.165) is 22.5 Å². The topological polar surface area (TPSA) is 81.8 Å². The number of aryl methyl sites for hydroxylation is 2. The molecule has 0 spiro atoms. The van der Waals surface area contributed by atoms with Crippen LogP contribution in [0.5, 0.6) is 0 Å². The number of para-hydroxylation sites is 2. The highest BCUT2D eigenvalue weighted by Crippen LogP contribution is 2.18. The molecule has 0 atom stereocenters. The fourth-order valence-electron chi connectivity index (χ4n) is 2.71. The maximum Gasteiger partial charge on any atom is 0.328 e. The third kappa shape index (κ3) is 3.79. The minimum atomic E-state index is -0.174. The van der Waals surface area contributed by atoms with E-state index in [0.29, 0.717) is 17.6 Å². The molecule has 0 unspecified atom stereocenters. The molecule has 0 saturated heterocycles. The summed E-state index contributed by atoms with van der Waals surface area (Å²) in [6.07, 6.45) is 1.05. The minimum Gasteiger partial charge on any atom is -0.300 e. The van der Waals surface area contributed by atoms with Crippen LogP contribution in [0.25, 0.3) is 11.0 Å². The molecule has 8 heteroatoms. The Bertz CT molecular complexity index is 954. The van der Waals surface area contributed by atoms with Crippen molar-refractivity contribution in [1.29, 1.82) is 0 Å². The van der Waals surface area contributed by atoms with Crippen molar-refractivity contribution in [3.8, 4) is 0 Å². The fourth-order valence-corrected chi connectivity index (χ4v) is 3.68. The van der Waals surface area contributed by atoms with Crippen LogP contribution in [0.3, 0.4) is 0 Å². The number of hydrogen-bond donors (Lipinski definition) is 1. The van der Waals surface area contributed by atoms with Crippen LogP contribution in [0.15, 0.2) is 29.1 Å². The number of carbonyl (C=O) groups excluding carboxylic acids is 1. The Labute approximate surface area is 149 Å². The molecule has 0 radical (unpaired) electrons. The predicted molar refractivity (Wildman–Crippen MR) is 98.9 cm³/mol. The van der Waals surface area contributed by atoms with Crippen molar-refractivity contribution in [2.24, 2.45) is 13.0 Å². The van der Waals surface area contributed by atoms with E-state index in [2.05, 4.69) is 29.4 Å². The van der Waals surface area contributed by atoms with Gasteiger partial charge in [-0.15, -0.1) is 10.2 Å². The Morgan fingerprint density at radius 2 is 1.96 bits per heavy atom. The number of carbonyl (C=O) groups is 1. The van der Waals surface area contributed by atoms with Gasteiger partial charge in [0.2, 0.25) is 11.0 Å². The van der Waals surface area contributed by atoms with E-state index in [4.69, 9.17) is 0 Å². The highest BCUT2D eigenvalue weighted by atomic mass is 32.1. The fraction of sp³-hybridized carbons (Fsp3) is 0.412. The van der Waals surface area contributed by atoms with Gasteiger partial charge in [0, 0.05) is 26.4 Å². The lowest BCUT2D eigenvalue weighted by Gasteiger charge is -2.03. The molecule has 7 nitrogen and oxygen atoms in total. The lowest BCUT2D eigenvalue weighted by Crippen LogP contribution is -2.24. The highest BCUT2D eigenvalue weighted by molar-refractivity contribution is 7.15. The molecule has 1 aromatic carbocycles.